The summed E-state index contributed by atoms with van der Waals surface area (Å²) in [4.78, 5) is 23.6. The summed E-state index contributed by atoms with van der Waals surface area (Å²) in [5.41, 5.74) is -3.69. The molecule has 0 saturated carbocycles. The number of methoxy groups -OCH3 is 1. The van der Waals surface area contributed by atoms with E-state index < -0.39 is 36.2 Å². The molecule has 0 aliphatic rings. The Kier molecular flexibility index (Phi) is 6.77. The molecular formula is C17H15F3O5. The standard InChI is InChI=1S/C17H15F3O5/c1-3-11-25-14(21)13(10-9-12-7-5-4-6-8-12)16(23,15(22)24-2)17(18,19)20/h1,4-10,13,23H,11H2,2H3/b10-9+/t13-,16+/m1/s1. The van der Waals surface area contributed by atoms with Crippen molar-refractivity contribution in [2.24, 2.45) is 5.92 Å². The average molecular weight is 356 g/mol. The average Bonchev–Trinajstić information content (AvgIpc) is 2.58. The van der Waals surface area contributed by atoms with E-state index in [-0.39, 0.29) is 0 Å². The number of hydrogen-bond donors (Lipinski definition) is 1. The summed E-state index contributed by atoms with van der Waals surface area (Å²) >= 11 is 0. The number of rotatable bonds is 6. The van der Waals surface area contributed by atoms with Crippen LogP contribution in [0.3, 0.4) is 0 Å². The minimum atomic E-state index is -5.50. The van der Waals surface area contributed by atoms with Crippen molar-refractivity contribution in [3.8, 4) is 12.3 Å². The highest BCUT2D eigenvalue weighted by atomic mass is 19.4. The second-order valence-electron chi connectivity index (χ2n) is 4.82. The van der Waals surface area contributed by atoms with Gasteiger partial charge in [-0.3, -0.25) is 4.79 Å². The lowest BCUT2D eigenvalue weighted by atomic mass is 9.85. The Labute approximate surface area is 142 Å². The first-order chi connectivity index (χ1) is 11.7. The third-order valence-electron chi connectivity index (χ3n) is 3.21. The predicted molar refractivity (Wildman–Crippen MR) is 81.8 cm³/mol. The molecule has 0 spiro atoms. The van der Waals surface area contributed by atoms with Crippen LogP contribution in [0.15, 0.2) is 36.4 Å². The number of esters is 2. The van der Waals surface area contributed by atoms with Gasteiger partial charge in [0.05, 0.1) is 7.11 Å². The number of carbonyl (C=O) groups excluding carboxylic acids is 2. The number of benzene rings is 1. The van der Waals surface area contributed by atoms with Crippen molar-refractivity contribution in [3.05, 3.63) is 42.0 Å². The molecule has 0 aliphatic heterocycles. The molecule has 0 heterocycles. The van der Waals surface area contributed by atoms with Gasteiger partial charge in [0.25, 0.3) is 5.60 Å². The Morgan fingerprint density at radius 3 is 2.40 bits per heavy atom. The Hall–Kier alpha value is -2.79. The molecule has 0 bridgehead atoms. The molecule has 1 aromatic rings. The van der Waals surface area contributed by atoms with Gasteiger partial charge in [0.2, 0.25) is 0 Å². The lowest BCUT2D eigenvalue weighted by Gasteiger charge is -2.31. The van der Waals surface area contributed by atoms with Crippen LogP contribution in [0.1, 0.15) is 5.56 Å². The molecule has 1 N–H and O–H groups in total. The zero-order chi connectivity index (χ0) is 19.1. The Bertz CT molecular complexity index is 676. The van der Waals surface area contributed by atoms with Crippen molar-refractivity contribution in [1.82, 2.24) is 0 Å². The smallest absolute Gasteiger partial charge is 0.429 e. The molecule has 134 valence electrons. The van der Waals surface area contributed by atoms with Gasteiger partial charge in [0, 0.05) is 0 Å². The molecule has 1 aromatic carbocycles. The van der Waals surface area contributed by atoms with Crippen LogP contribution in [0, 0.1) is 18.3 Å². The quantitative estimate of drug-likeness (QED) is 0.623. The number of alkyl halides is 3. The highest BCUT2D eigenvalue weighted by Gasteiger charge is 2.67. The Morgan fingerprint density at radius 2 is 1.92 bits per heavy atom. The molecule has 1 rings (SSSR count). The van der Waals surface area contributed by atoms with Crippen LogP contribution in [0.5, 0.6) is 0 Å². The van der Waals surface area contributed by atoms with Crippen LogP contribution in [0.4, 0.5) is 13.2 Å². The fourth-order valence-electron chi connectivity index (χ4n) is 1.94. The van der Waals surface area contributed by atoms with Gasteiger partial charge in [-0.2, -0.15) is 13.2 Å². The molecule has 0 fully saturated rings. The summed E-state index contributed by atoms with van der Waals surface area (Å²) in [6.45, 7) is -0.621. The monoisotopic (exact) mass is 356 g/mol. The zero-order valence-electron chi connectivity index (χ0n) is 13.1. The maximum Gasteiger partial charge on any atom is 0.429 e. The molecule has 8 heteroatoms. The third kappa shape index (κ3) is 4.61. The van der Waals surface area contributed by atoms with E-state index >= 15 is 0 Å². The number of hydrogen-bond acceptors (Lipinski definition) is 5. The van der Waals surface area contributed by atoms with Crippen LogP contribution in [-0.2, 0) is 19.1 Å². The first-order valence-corrected chi connectivity index (χ1v) is 6.89. The highest BCUT2D eigenvalue weighted by molar-refractivity contribution is 5.90. The molecular weight excluding hydrogens is 341 g/mol. The number of carbonyl (C=O) groups is 2. The summed E-state index contributed by atoms with van der Waals surface area (Å²) in [7, 11) is 0.657. The van der Waals surface area contributed by atoms with Crippen molar-refractivity contribution < 1.29 is 37.3 Å². The number of halogens is 3. The van der Waals surface area contributed by atoms with Gasteiger partial charge < -0.3 is 14.6 Å². The summed E-state index contributed by atoms with van der Waals surface area (Å²) in [6.07, 6.45) is 1.26. The van der Waals surface area contributed by atoms with Gasteiger partial charge in [-0.15, -0.1) is 6.42 Å². The minimum Gasteiger partial charge on any atom is -0.467 e. The van der Waals surface area contributed by atoms with E-state index in [2.05, 4.69) is 9.47 Å². The molecule has 0 aromatic heterocycles. The maximum atomic E-state index is 13.4. The molecule has 0 radical (unpaired) electrons. The number of ether oxygens (including phenoxy) is 2. The lowest BCUT2D eigenvalue weighted by molar-refractivity contribution is -0.273. The third-order valence-corrected chi connectivity index (χ3v) is 3.21. The molecule has 0 unspecified atom stereocenters. The van der Waals surface area contributed by atoms with E-state index in [1.54, 1.807) is 30.3 Å². The zero-order valence-corrected chi connectivity index (χ0v) is 13.1. The van der Waals surface area contributed by atoms with Crippen molar-refractivity contribution in [1.29, 1.82) is 0 Å². The van der Waals surface area contributed by atoms with Gasteiger partial charge in [-0.05, 0) is 5.56 Å². The van der Waals surface area contributed by atoms with Crippen molar-refractivity contribution in [3.63, 3.8) is 0 Å². The molecule has 5 nitrogen and oxygen atoms in total. The van der Waals surface area contributed by atoms with Gasteiger partial charge in [0.1, 0.15) is 5.92 Å². The van der Waals surface area contributed by atoms with E-state index in [9.17, 15) is 27.9 Å². The molecule has 2 atom stereocenters. The molecule has 0 amide bonds. The summed E-state index contributed by atoms with van der Waals surface area (Å²) < 4.78 is 48.6. The topological polar surface area (TPSA) is 72.8 Å². The minimum absolute atomic E-state index is 0.437. The number of terminal acetylenes is 1. The van der Waals surface area contributed by atoms with Crippen molar-refractivity contribution in [2.75, 3.05) is 13.7 Å². The molecule has 25 heavy (non-hydrogen) atoms. The summed E-state index contributed by atoms with van der Waals surface area (Å²) in [6, 6.07) is 8.00. The van der Waals surface area contributed by atoms with E-state index in [1.165, 1.54) is 0 Å². The number of aliphatic hydroxyl groups is 1. The maximum absolute atomic E-state index is 13.4. The predicted octanol–water partition coefficient (Wildman–Crippen LogP) is 1.96. The van der Waals surface area contributed by atoms with E-state index in [0.29, 0.717) is 12.7 Å². The fourth-order valence-corrected chi connectivity index (χ4v) is 1.94. The van der Waals surface area contributed by atoms with Crippen LogP contribution >= 0.6 is 0 Å². The largest absolute Gasteiger partial charge is 0.467 e. The normalized spacial score (nSPS) is 15.0. The van der Waals surface area contributed by atoms with E-state index in [0.717, 1.165) is 12.2 Å². The Morgan fingerprint density at radius 1 is 1.32 bits per heavy atom. The first-order valence-electron chi connectivity index (χ1n) is 6.89. The van der Waals surface area contributed by atoms with E-state index in [4.69, 9.17) is 6.42 Å². The summed E-state index contributed by atoms with van der Waals surface area (Å²) in [5.74, 6) is -4.05. The SMILES string of the molecule is C#CCOC(=O)[C@@H](/C=C/c1ccccc1)[C@](O)(C(=O)OC)C(F)(F)F. The van der Waals surface area contributed by atoms with Crippen LogP contribution in [0.2, 0.25) is 0 Å². The molecule has 0 aliphatic carbocycles. The van der Waals surface area contributed by atoms with Gasteiger partial charge in [0.15, 0.2) is 6.61 Å². The van der Waals surface area contributed by atoms with E-state index in [1.807, 2.05) is 5.92 Å². The van der Waals surface area contributed by atoms with Gasteiger partial charge in [-0.25, -0.2) is 4.79 Å². The lowest BCUT2D eigenvalue weighted by Crippen LogP contribution is -2.59. The fraction of sp³-hybridized carbons (Fsp3) is 0.294. The van der Waals surface area contributed by atoms with Crippen molar-refractivity contribution >= 4 is 18.0 Å². The van der Waals surface area contributed by atoms with Gasteiger partial charge in [-0.1, -0.05) is 48.4 Å². The first kappa shape index (κ1) is 20.3. The van der Waals surface area contributed by atoms with Crippen molar-refractivity contribution in [2.45, 2.75) is 11.8 Å². The van der Waals surface area contributed by atoms with Crippen LogP contribution in [0.25, 0.3) is 6.08 Å². The molecule has 0 saturated heterocycles. The van der Waals surface area contributed by atoms with Crippen LogP contribution in [-0.4, -0.2) is 42.5 Å². The summed E-state index contributed by atoms with van der Waals surface area (Å²) in [5, 5.41) is 10.0. The second-order valence-corrected chi connectivity index (χ2v) is 4.82. The van der Waals surface area contributed by atoms with Crippen LogP contribution < -0.4 is 0 Å². The Balaban J connectivity index is 3.37. The van der Waals surface area contributed by atoms with Gasteiger partial charge >= 0.3 is 18.1 Å². The second kappa shape index (κ2) is 8.35. The highest BCUT2D eigenvalue weighted by Crippen LogP contribution is 2.39.